The van der Waals surface area contributed by atoms with Crippen molar-refractivity contribution in [2.24, 2.45) is 0 Å². The number of nitrogen functional groups attached to an aromatic ring is 1. The third-order valence-corrected chi connectivity index (χ3v) is 4.07. The van der Waals surface area contributed by atoms with Crippen LogP contribution in [-0.4, -0.2) is 20.2 Å². The average molecular weight is 385 g/mol. The van der Waals surface area contributed by atoms with Gasteiger partial charge < -0.3 is 5.73 Å². The van der Waals surface area contributed by atoms with Crippen molar-refractivity contribution in [1.82, 2.24) is 20.2 Å². The quantitative estimate of drug-likeness (QED) is 0.678. The molecule has 0 atom stereocenters. The third kappa shape index (κ3) is 2.74. The lowest BCUT2D eigenvalue weighted by molar-refractivity contribution is 0.791. The summed E-state index contributed by atoms with van der Waals surface area (Å²) in [5.74, 6) is 0.521. The van der Waals surface area contributed by atoms with Crippen molar-refractivity contribution in [3.05, 3.63) is 50.9 Å². The fraction of sp³-hybridized carbons (Fsp3) is 0. The van der Waals surface area contributed by atoms with Gasteiger partial charge >= 0.3 is 0 Å². The van der Waals surface area contributed by atoms with Crippen LogP contribution in [-0.2, 0) is 0 Å². The maximum atomic E-state index is 6.22. The second-order valence-electron chi connectivity index (χ2n) is 4.26. The lowest BCUT2D eigenvalue weighted by Gasteiger charge is -2.08. The minimum Gasteiger partial charge on any atom is -0.399 e. The zero-order valence-electron chi connectivity index (χ0n) is 10.5. The molecule has 0 saturated heterocycles. The van der Waals surface area contributed by atoms with Crippen molar-refractivity contribution in [2.75, 3.05) is 5.73 Å². The Balaban J connectivity index is 2.19. The van der Waals surface area contributed by atoms with Crippen LogP contribution in [0.25, 0.3) is 17.1 Å². The summed E-state index contributed by atoms with van der Waals surface area (Å²) in [5, 5.41) is 12.5. The molecule has 2 aromatic carbocycles. The van der Waals surface area contributed by atoms with E-state index in [9.17, 15) is 0 Å². The van der Waals surface area contributed by atoms with Crippen molar-refractivity contribution < 1.29 is 0 Å². The summed E-state index contributed by atoms with van der Waals surface area (Å²) >= 11 is 15.7. The van der Waals surface area contributed by atoms with Crippen LogP contribution in [0.4, 0.5) is 5.69 Å². The van der Waals surface area contributed by atoms with Crippen molar-refractivity contribution in [2.45, 2.75) is 0 Å². The van der Waals surface area contributed by atoms with E-state index in [0.29, 0.717) is 27.2 Å². The summed E-state index contributed by atoms with van der Waals surface area (Å²) < 4.78 is 2.36. The summed E-state index contributed by atoms with van der Waals surface area (Å²) in [6, 6.07) is 10.7. The molecule has 8 heteroatoms. The molecule has 0 aliphatic rings. The molecular weight excluding hydrogens is 377 g/mol. The monoisotopic (exact) mass is 383 g/mol. The van der Waals surface area contributed by atoms with Crippen LogP contribution in [0.15, 0.2) is 40.9 Å². The summed E-state index contributed by atoms with van der Waals surface area (Å²) in [6.07, 6.45) is 0. The van der Waals surface area contributed by atoms with Gasteiger partial charge in [0.25, 0.3) is 0 Å². The molecule has 0 radical (unpaired) electrons. The highest BCUT2D eigenvalue weighted by Crippen LogP contribution is 2.31. The van der Waals surface area contributed by atoms with Gasteiger partial charge in [0.05, 0.1) is 15.7 Å². The van der Waals surface area contributed by atoms with E-state index in [4.69, 9.17) is 28.9 Å². The molecule has 106 valence electrons. The Kier molecular flexibility index (Phi) is 3.84. The molecule has 0 aliphatic heterocycles. The van der Waals surface area contributed by atoms with E-state index in [0.717, 1.165) is 10.0 Å². The molecule has 3 aromatic rings. The van der Waals surface area contributed by atoms with Gasteiger partial charge in [0.2, 0.25) is 0 Å². The van der Waals surface area contributed by atoms with Crippen LogP contribution in [0, 0.1) is 0 Å². The van der Waals surface area contributed by atoms with Crippen LogP contribution in [0.1, 0.15) is 0 Å². The largest absolute Gasteiger partial charge is 0.399 e. The van der Waals surface area contributed by atoms with Crippen molar-refractivity contribution in [1.29, 1.82) is 0 Å². The molecule has 0 amide bonds. The van der Waals surface area contributed by atoms with E-state index in [1.165, 1.54) is 4.68 Å². The first-order valence-corrected chi connectivity index (χ1v) is 7.40. The predicted octanol–water partition coefficient (Wildman–Crippen LogP) is 3.98. The molecule has 0 fully saturated rings. The van der Waals surface area contributed by atoms with Crippen LogP contribution >= 0.6 is 39.1 Å². The maximum absolute atomic E-state index is 6.22. The predicted molar refractivity (Wildman–Crippen MR) is 86.7 cm³/mol. The van der Waals surface area contributed by atoms with Gasteiger partial charge in [0.1, 0.15) is 0 Å². The van der Waals surface area contributed by atoms with Crippen LogP contribution < -0.4 is 5.73 Å². The highest BCUT2D eigenvalue weighted by atomic mass is 79.9. The van der Waals surface area contributed by atoms with Gasteiger partial charge in [0.15, 0.2) is 5.82 Å². The molecular formula is C13H8BrCl2N5. The van der Waals surface area contributed by atoms with Crippen LogP contribution in [0.3, 0.4) is 0 Å². The average Bonchev–Trinajstić information content (AvgIpc) is 2.90. The lowest BCUT2D eigenvalue weighted by atomic mass is 10.2. The SMILES string of the molecule is Nc1cc(Br)cc(-c2nnnn2-c2cccc(Cl)c2Cl)c1. The molecule has 0 spiro atoms. The smallest absolute Gasteiger partial charge is 0.187 e. The molecule has 1 heterocycles. The summed E-state index contributed by atoms with van der Waals surface area (Å²) in [4.78, 5) is 0. The first-order valence-electron chi connectivity index (χ1n) is 5.85. The summed E-state index contributed by atoms with van der Waals surface area (Å²) in [6.45, 7) is 0. The van der Waals surface area contributed by atoms with E-state index < -0.39 is 0 Å². The first kappa shape index (κ1) is 14.3. The first-order chi connectivity index (χ1) is 10.1. The van der Waals surface area contributed by atoms with Gasteiger partial charge in [0, 0.05) is 15.7 Å². The Morgan fingerprint density at radius 3 is 2.71 bits per heavy atom. The fourth-order valence-corrected chi connectivity index (χ4v) is 2.81. The Hall–Kier alpha value is -1.63. The lowest BCUT2D eigenvalue weighted by Crippen LogP contribution is -2.01. The zero-order chi connectivity index (χ0) is 15.0. The molecule has 2 N–H and O–H groups in total. The normalized spacial score (nSPS) is 10.8. The molecule has 0 aliphatic carbocycles. The number of tetrazole rings is 1. The van der Waals surface area contributed by atoms with E-state index in [1.54, 1.807) is 30.3 Å². The number of halogens is 3. The third-order valence-electron chi connectivity index (χ3n) is 2.81. The number of hydrogen-bond acceptors (Lipinski definition) is 4. The number of rotatable bonds is 2. The van der Waals surface area contributed by atoms with Gasteiger partial charge in [-0.15, -0.1) is 5.10 Å². The molecule has 21 heavy (non-hydrogen) atoms. The van der Waals surface area contributed by atoms with Crippen molar-refractivity contribution >= 4 is 44.8 Å². The molecule has 0 bridgehead atoms. The number of benzene rings is 2. The van der Waals surface area contributed by atoms with Gasteiger partial charge in [-0.05, 0) is 40.8 Å². The number of nitrogens with two attached hydrogens (primary N) is 1. The van der Waals surface area contributed by atoms with Gasteiger partial charge in [-0.1, -0.05) is 45.2 Å². The second-order valence-corrected chi connectivity index (χ2v) is 5.96. The molecule has 3 rings (SSSR count). The number of hydrogen-bond donors (Lipinski definition) is 1. The second kappa shape index (κ2) is 5.63. The van der Waals surface area contributed by atoms with E-state index in [1.807, 2.05) is 6.07 Å². The van der Waals surface area contributed by atoms with Gasteiger partial charge in [-0.2, -0.15) is 4.68 Å². The Labute approximate surface area is 138 Å². The maximum Gasteiger partial charge on any atom is 0.187 e. The van der Waals surface area contributed by atoms with Crippen molar-refractivity contribution in [3.63, 3.8) is 0 Å². The standard InChI is InChI=1S/C13H8BrCl2N5/c14-8-4-7(5-9(17)6-8)13-18-19-20-21(13)11-3-1-2-10(15)12(11)16/h1-6H,17H2. The number of aromatic nitrogens is 4. The molecule has 1 aromatic heterocycles. The van der Waals surface area contributed by atoms with E-state index >= 15 is 0 Å². The minimum absolute atomic E-state index is 0.385. The highest BCUT2D eigenvalue weighted by Gasteiger charge is 2.15. The number of anilines is 1. The summed E-state index contributed by atoms with van der Waals surface area (Å²) in [7, 11) is 0. The van der Waals surface area contributed by atoms with Crippen LogP contribution in [0.5, 0.6) is 0 Å². The summed E-state index contributed by atoms with van der Waals surface area (Å²) in [5.41, 5.74) is 7.82. The molecule has 5 nitrogen and oxygen atoms in total. The van der Waals surface area contributed by atoms with Crippen molar-refractivity contribution in [3.8, 4) is 17.1 Å². The molecule has 0 unspecified atom stereocenters. The topological polar surface area (TPSA) is 69.6 Å². The Morgan fingerprint density at radius 2 is 1.95 bits per heavy atom. The zero-order valence-corrected chi connectivity index (χ0v) is 13.6. The fourth-order valence-electron chi connectivity index (χ4n) is 1.93. The minimum atomic E-state index is 0.385. The molecule has 0 saturated carbocycles. The number of nitrogens with zero attached hydrogens (tertiary/aromatic N) is 4. The highest BCUT2D eigenvalue weighted by molar-refractivity contribution is 9.10. The van der Waals surface area contributed by atoms with Crippen LogP contribution in [0.2, 0.25) is 10.0 Å². The Bertz CT molecular complexity index is 798. The van der Waals surface area contributed by atoms with E-state index in [2.05, 4.69) is 31.5 Å². The van der Waals surface area contributed by atoms with Gasteiger partial charge in [-0.25, -0.2) is 0 Å². The Morgan fingerprint density at radius 1 is 1.14 bits per heavy atom. The van der Waals surface area contributed by atoms with Gasteiger partial charge in [-0.3, -0.25) is 0 Å². The van der Waals surface area contributed by atoms with E-state index in [-0.39, 0.29) is 0 Å².